The summed E-state index contributed by atoms with van der Waals surface area (Å²) >= 11 is 1.60. The molecule has 6 heteroatoms. The van der Waals surface area contributed by atoms with E-state index in [0.717, 1.165) is 16.6 Å². The van der Waals surface area contributed by atoms with E-state index in [9.17, 15) is 4.79 Å². The predicted octanol–water partition coefficient (Wildman–Crippen LogP) is 1.41. The van der Waals surface area contributed by atoms with E-state index in [4.69, 9.17) is 5.73 Å². The molecule has 1 unspecified atom stereocenters. The van der Waals surface area contributed by atoms with E-state index in [1.54, 1.807) is 11.8 Å². The minimum atomic E-state index is -0.0645. The highest BCUT2D eigenvalue weighted by Gasteiger charge is 2.33. The Hall–Kier alpha value is -1.92. The molecule has 3 heterocycles. The molecule has 4 N–H and O–H groups in total. The van der Waals surface area contributed by atoms with Gasteiger partial charge in [0.15, 0.2) is 0 Å². The van der Waals surface area contributed by atoms with E-state index >= 15 is 0 Å². The van der Waals surface area contributed by atoms with Gasteiger partial charge in [-0.05, 0) is 12.1 Å². The van der Waals surface area contributed by atoms with Crippen LogP contribution in [0, 0.1) is 0 Å². The number of nitrogens with one attached hydrogen (secondary N) is 2. The monoisotopic (exact) mass is 286 g/mol. The van der Waals surface area contributed by atoms with Gasteiger partial charge in [-0.2, -0.15) is 0 Å². The Kier molecular flexibility index (Phi) is 2.55. The summed E-state index contributed by atoms with van der Waals surface area (Å²) in [7, 11) is 0. The molecule has 0 radical (unpaired) electrons. The zero-order valence-corrected chi connectivity index (χ0v) is 11.5. The van der Waals surface area contributed by atoms with Crippen molar-refractivity contribution in [2.24, 2.45) is 5.73 Å². The third kappa shape index (κ3) is 1.80. The van der Waals surface area contributed by atoms with Gasteiger partial charge in [-0.3, -0.25) is 4.79 Å². The van der Waals surface area contributed by atoms with Crippen molar-refractivity contribution in [2.75, 3.05) is 13.1 Å². The van der Waals surface area contributed by atoms with Crippen LogP contribution >= 0.6 is 11.8 Å². The third-order valence-corrected chi connectivity index (χ3v) is 4.69. The number of amides is 1. The van der Waals surface area contributed by atoms with E-state index in [-0.39, 0.29) is 11.4 Å². The highest BCUT2D eigenvalue weighted by molar-refractivity contribution is 8.03. The highest BCUT2D eigenvalue weighted by atomic mass is 32.2. The Morgan fingerprint density at radius 1 is 1.35 bits per heavy atom. The Morgan fingerprint density at radius 2 is 2.20 bits per heavy atom. The molecule has 20 heavy (non-hydrogen) atoms. The summed E-state index contributed by atoms with van der Waals surface area (Å²) in [5, 5.41) is 4.26. The van der Waals surface area contributed by atoms with Crippen molar-refractivity contribution in [3.8, 4) is 0 Å². The molecule has 0 fully saturated rings. The molecule has 0 bridgehead atoms. The van der Waals surface area contributed by atoms with E-state index in [2.05, 4.69) is 10.3 Å². The number of benzene rings is 1. The second kappa shape index (κ2) is 4.29. The lowest BCUT2D eigenvalue weighted by Crippen LogP contribution is -2.36. The number of thioether (sulfide) groups is 1. The first-order chi connectivity index (χ1) is 9.70. The van der Waals surface area contributed by atoms with Crippen molar-refractivity contribution < 1.29 is 4.79 Å². The van der Waals surface area contributed by atoms with Gasteiger partial charge < -0.3 is 20.9 Å². The summed E-state index contributed by atoms with van der Waals surface area (Å²) in [6.07, 6.45) is 0. The Balaban J connectivity index is 1.57. The summed E-state index contributed by atoms with van der Waals surface area (Å²) < 4.78 is 0. The number of rotatable bonds is 1. The minimum Gasteiger partial charge on any atom is -0.362 e. The lowest BCUT2D eigenvalue weighted by molar-refractivity contribution is 0.0791. The molecule has 1 amide bonds. The number of nitrogens with zero attached hydrogens (tertiary/aromatic N) is 1. The first-order valence-corrected chi connectivity index (χ1v) is 7.36. The van der Waals surface area contributed by atoms with Gasteiger partial charge in [-0.15, -0.1) is 0 Å². The van der Waals surface area contributed by atoms with Gasteiger partial charge in [0.2, 0.25) is 0 Å². The fourth-order valence-electron chi connectivity index (χ4n) is 2.70. The Morgan fingerprint density at radius 3 is 3.00 bits per heavy atom. The Bertz CT molecular complexity index is 685. The molecule has 102 valence electrons. The smallest absolute Gasteiger partial charge is 0.270 e. The molecular weight excluding hydrogens is 272 g/mol. The summed E-state index contributed by atoms with van der Waals surface area (Å²) in [5.74, 6) is 0.0339. The van der Waals surface area contributed by atoms with Gasteiger partial charge in [-0.1, -0.05) is 30.0 Å². The number of carbonyl (C=O) groups excluding carboxylic acids is 1. The molecule has 2 aromatic rings. The van der Waals surface area contributed by atoms with Crippen LogP contribution in [0.5, 0.6) is 0 Å². The van der Waals surface area contributed by atoms with Crippen LogP contribution in [0.3, 0.4) is 0 Å². The maximum Gasteiger partial charge on any atom is 0.270 e. The normalized spacial score (nSPS) is 21.4. The van der Waals surface area contributed by atoms with Crippen molar-refractivity contribution in [1.29, 1.82) is 0 Å². The average molecular weight is 286 g/mol. The number of H-pyrrole nitrogens is 1. The highest BCUT2D eigenvalue weighted by Crippen LogP contribution is 2.33. The number of hydrogen-bond acceptors (Lipinski definition) is 4. The fraction of sp³-hybridized carbons (Fsp3) is 0.214. The molecule has 2 aliphatic heterocycles. The van der Waals surface area contributed by atoms with Crippen molar-refractivity contribution in [1.82, 2.24) is 15.2 Å². The van der Waals surface area contributed by atoms with Crippen LogP contribution in [0.1, 0.15) is 10.5 Å². The molecular formula is C14H14N4OS. The summed E-state index contributed by atoms with van der Waals surface area (Å²) in [5.41, 5.74) is 8.47. The maximum absolute atomic E-state index is 12.5. The zero-order valence-electron chi connectivity index (χ0n) is 10.7. The van der Waals surface area contributed by atoms with Crippen LogP contribution in [0.15, 0.2) is 40.9 Å². The van der Waals surface area contributed by atoms with Gasteiger partial charge in [-0.25, -0.2) is 0 Å². The van der Waals surface area contributed by atoms with Crippen LogP contribution < -0.4 is 11.1 Å². The molecule has 0 spiro atoms. The SMILES string of the molecule is NC1NC2=C(CN(C(=O)c3cc4ccccc4[nH]3)C2)S1. The van der Waals surface area contributed by atoms with Crippen molar-refractivity contribution in [3.05, 3.63) is 46.6 Å². The standard InChI is InChI=1S/C14H14N4OS/c15-14-17-11-6-18(7-12(11)20-14)13(19)10-5-8-3-1-2-4-9(8)16-10/h1-5,14,16-17H,6-7,15H2. The lowest BCUT2D eigenvalue weighted by Gasteiger charge is -2.18. The molecule has 4 rings (SSSR count). The number of fused-ring (bicyclic) bond motifs is 1. The molecule has 0 saturated heterocycles. The quantitative estimate of drug-likeness (QED) is 0.741. The second-order valence-electron chi connectivity index (χ2n) is 5.02. The topological polar surface area (TPSA) is 74.2 Å². The number of carbonyl (C=O) groups is 1. The molecule has 1 aromatic heterocycles. The number of nitrogens with two attached hydrogens (primary N) is 1. The van der Waals surface area contributed by atoms with Crippen molar-refractivity contribution in [3.63, 3.8) is 0 Å². The molecule has 0 aliphatic carbocycles. The van der Waals surface area contributed by atoms with Gasteiger partial charge in [0.25, 0.3) is 5.91 Å². The lowest BCUT2D eigenvalue weighted by atomic mass is 10.2. The summed E-state index contributed by atoms with van der Waals surface area (Å²) in [4.78, 5) is 18.7. The maximum atomic E-state index is 12.5. The first kappa shape index (κ1) is 11.9. The largest absolute Gasteiger partial charge is 0.362 e. The number of aromatic amines is 1. The number of hydrogen-bond donors (Lipinski definition) is 3. The molecule has 5 nitrogen and oxygen atoms in total. The van der Waals surface area contributed by atoms with Crippen LogP contribution in [-0.2, 0) is 0 Å². The average Bonchev–Trinajstić information content (AvgIpc) is 3.08. The van der Waals surface area contributed by atoms with Gasteiger partial charge in [0, 0.05) is 21.5 Å². The minimum absolute atomic E-state index is 0.0339. The number of aromatic nitrogens is 1. The third-order valence-electron chi connectivity index (χ3n) is 3.65. The van der Waals surface area contributed by atoms with Crippen molar-refractivity contribution >= 4 is 28.6 Å². The molecule has 0 saturated carbocycles. The second-order valence-corrected chi connectivity index (χ2v) is 6.25. The first-order valence-electron chi connectivity index (χ1n) is 6.48. The number of para-hydroxylation sites is 1. The van der Waals surface area contributed by atoms with Gasteiger partial charge in [0.05, 0.1) is 13.1 Å². The predicted molar refractivity (Wildman–Crippen MR) is 79.9 cm³/mol. The van der Waals surface area contributed by atoms with Gasteiger partial charge >= 0.3 is 0 Å². The van der Waals surface area contributed by atoms with Crippen LogP contribution in [0.4, 0.5) is 0 Å². The van der Waals surface area contributed by atoms with Crippen molar-refractivity contribution in [2.45, 2.75) is 5.50 Å². The molecule has 2 aliphatic rings. The van der Waals surface area contributed by atoms with Crippen LogP contribution in [-0.4, -0.2) is 34.4 Å². The van der Waals surface area contributed by atoms with E-state index in [0.29, 0.717) is 18.8 Å². The molecule has 1 atom stereocenters. The van der Waals surface area contributed by atoms with E-state index in [1.807, 2.05) is 35.2 Å². The van der Waals surface area contributed by atoms with Gasteiger partial charge in [0.1, 0.15) is 11.2 Å². The van der Waals surface area contributed by atoms with E-state index in [1.165, 1.54) is 4.91 Å². The van der Waals surface area contributed by atoms with E-state index < -0.39 is 0 Å². The fourth-order valence-corrected chi connectivity index (χ4v) is 3.70. The van der Waals surface area contributed by atoms with Crippen LogP contribution in [0.2, 0.25) is 0 Å². The summed E-state index contributed by atoms with van der Waals surface area (Å²) in [6.45, 7) is 1.26. The summed E-state index contributed by atoms with van der Waals surface area (Å²) in [6, 6.07) is 9.82. The zero-order chi connectivity index (χ0) is 13.7. The van der Waals surface area contributed by atoms with Crippen LogP contribution in [0.25, 0.3) is 10.9 Å². The molecule has 1 aromatic carbocycles. The Labute approximate surface area is 120 Å².